The first-order valence-corrected chi connectivity index (χ1v) is 6.51. The van der Waals surface area contributed by atoms with Crippen molar-refractivity contribution in [1.29, 1.82) is 0 Å². The van der Waals surface area contributed by atoms with Gasteiger partial charge in [-0.2, -0.15) is 0 Å². The molecule has 1 fully saturated rings. The minimum atomic E-state index is 0.203. The van der Waals surface area contributed by atoms with Crippen molar-refractivity contribution in [1.82, 2.24) is 10.3 Å². The molecule has 3 nitrogen and oxygen atoms in total. The Morgan fingerprint density at radius 1 is 1.60 bits per heavy atom. The van der Waals surface area contributed by atoms with E-state index in [-0.39, 0.29) is 6.61 Å². The predicted molar refractivity (Wildman–Crippen MR) is 62.2 cm³/mol. The number of aliphatic hydroxyl groups excluding tert-OH is 1. The molecule has 0 aliphatic carbocycles. The molecule has 0 bridgehead atoms. The van der Waals surface area contributed by atoms with E-state index in [1.807, 2.05) is 0 Å². The summed E-state index contributed by atoms with van der Waals surface area (Å²) in [6.07, 6.45) is 4.41. The molecule has 84 valence electrons. The molecule has 0 spiro atoms. The number of hydrogen-bond donors (Lipinski definition) is 2. The smallest absolute Gasteiger partial charge is 0.0931 e. The first-order chi connectivity index (χ1) is 7.38. The van der Waals surface area contributed by atoms with Gasteiger partial charge in [-0.3, -0.25) is 0 Å². The molecule has 1 atom stereocenters. The minimum Gasteiger partial charge on any atom is -0.396 e. The average Bonchev–Trinajstić information content (AvgIpc) is 2.68. The van der Waals surface area contributed by atoms with Crippen molar-refractivity contribution in [3.63, 3.8) is 0 Å². The third kappa shape index (κ3) is 3.26. The van der Waals surface area contributed by atoms with Crippen LogP contribution in [-0.4, -0.2) is 29.8 Å². The molecule has 4 heteroatoms. The van der Waals surface area contributed by atoms with E-state index in [0.717, 1.165) is 24.6 Å². The van der Waals surface area contributed by atoms with Crippen LogP contribution in [0.25, 0.3) is 0 Å². The molecule has 1 aliphatic heterocycles. The monoisotopic (exact) mass is 226 g/mol. The van der Waals surface area contributed by atoms with Gasteiger partial charge in [-0.25, -0.2) is 4.98 Å². The first-order valence-electron chi connectivity index (χ1n) is 5.63. The maximum absolute atomic E-state index is 8.80. The van der Waals surface area contributed by atoms with Crippen LogP contribution >= 0.6 is 11.3 Å². The standard InChI is InChI=1S/C11H18N2OS/c14-5-3-10-8-15-11(13-10)6-9-2-1-4-12-7-9/h8-9,12,14H,1-7H2. The summed E-state index contributed by atoms with van der Waals surface area (Å²) >= 11 is 1.73. The molecule has 1 aromatic rings. The highest BCUT2D eigenvalue weighted by molar-refractivity contribution is 7.09. The van der Waals surface area contributed by atoms with Crippen molar-refractivity contribution >= 4 is 11.3 Å². The lowest BCUT2D eigenvalue weighted by molar-refractivity contribution is 0.298. The topological polar surface area (TPSA) is 45.1 Å². The zero-order chi connectivity index (χ0) is 10.5. The zero-order valence-corrected chi connectivity index (χ0v) is 9.72. The van der Waals surface area contributed by atoms with Crippen LogP contribution in [0.15, 0.2) is 5.38 Å². The highest BCUT2D eigenvalue weighted by atomic mass is 32.1. The van der Waals surface area contributed by atoms with Gasteiger partial charge in [-0.15, -0.1) is 11.3 Å². The van der Waals surface area contributed by atoms with Crippen molar-refractivity contribution in [3.05, 3.63) is 16.1 Å². The average molecular weight is 226 g/mol. The molecule has 1 saturated heterocycles. The lowest BCUT2D eigenvalue weighted by atomic mass is 9.97. The summed E-state index contributed by atoms with van der Waals surface area (Å²) in [6, 6.07) is 0. The summed E-state index contributed by atoms with van der Waals surface area (Å²) in [5.74, 6) is 0.756. The van der Waals surface area contributed by atoms with E-state index in [9.17, 15) is 0 Å². The van der Waals surface area contributed by atoms with Gasteiger partial charge >= 0.3 is 0 Å². The summed E-state index contributed by atoms with van der Waals surface area (Å²) in [4.78, 5) is 4.52. The Morgan fingerprint density at radius 2 is 2.53 bits per heavy atom. The Kier molecular flexibility index (Phi) is 4.11. The highest BCUT2D eigenvalue weighted by Gasteiger charge is 2.15. The zero-order valence-electron chi connectivity index (χ0n) is 8.91. The molecule has 1 aromatic heterocycles. The minimum absolute atomic E-state index is 0.203. The Balaban J connectivity index is 1.86. The van der Waals surface area contributed by atoms with Crippen LogP contribution in [0.3, 0.4) is 0 Å². The van der Waals surface area contributed by atoms with Crippen molar-refractivity contribution in [3.8, 4) is 0 Å². The molecular weight excluding hydrogens is 208 g/mol. The number of aliphatic hydroxyl groups is 1. The van der Waals surface area contributed by atoms with Crippen LogP contribution in [-0.2, 0) is 12.8 Å². The number of rotatable bonds is 4. The molecular formula is C11H18N2OS. The predicted octanol–water partition coefficient (Wildman–Crippen LogP) is 1.22. The normalized spacial score (nSPS) is 21.8. The third-order valence-electron chi connectivity index (χ3n) is 2.83. The molecule has 1 unspecified atom stereocenters. The molecule has 0 aromatic carbocycles. The molecule has 15 heavy (non-hydrogen) atoms. The maximum Gasteiger partial charge on any atom is 0.0931 e. The second-order valence-corrected chi connectivity index (χ2v) is 5.07. The third-order valence-corrected chi connectivity index (χ3v) is 3.75. The quantitative estimate of drug-likeness (QED) is 0.811. The number of nitrogens with zero attached hydrogens (tertiary/aromatic N) is 1. The van der Waals surface area contributed by atoms with Crippen molar-refractivity contribution in [2.75, 3.05) is 19.7 Å². The number of hydrogen-bond acceptors (Lipinski definition) is 4. The van der Waals surface area contributed by atoms with Crippen molar-refractivity contribution in [2.24, 2.45) is 5.92 Å². The Labute approximate surface area is 94.5 Å². The van der Waals surface area contributed by atoms with Gasteiger partial charge in [0.25, 0.3) is 0 Å². The molecule has 1 aliphatic rings. The van der Waals surface area contributed by atoms with E-state index in [4.69, 9.17) is 5.11 Å². The highest BCUT2D eigenvalue weighted by Crippen LogP contribution is 2.19. The van der Waals surface area contributed by atoms with Crippen molar-refractivity contribution in [2.45, 2.75) is 25.7 Å². The molecule has 2 heterocycles. The summed E-state index contributed by atoms with van der Waals surface area (Å²) in [5.41, 5.74) is 1.04. The second-order valence-electron chi connectivity index (χ2n) is 4.12. The van der Waals surface area contributed by atoms with E-state index < -0.39 is 0 Å². The number of piperidine rings is 1. The van der Waals surface area contributed by atoms with E-state index >= 15 is 0 Å². The van der Waals surface area contributed by atoms with Gasteiger partial charge in [0.2, 0.25) is 0 Å². The second kappa shape index (κ2) is 5.58. The van der Waals surface area contributed by atoms with Crippen molar-refractivity contribution < 1.29 is 5.11 Å². The Bertz CT molecular complexity index is 295. The van der Waals surface area contributed by atoms with E-state index in [1.165, 1.54) is 24.4 Å². The van der Waals surface area contributed by atoms with E-state index in [1.54, 1.807) is 11.3 Å². The van der Waals surface area contributed by atoms with Crippen LogP contribution in [0.5, 0.6) is 0 Å². The Hall–Kier alpha value is -0.450. The summed E-state index contributed by atoms with van der Waals surface area (Å²) in [5, 5.41) is 15.5. The SMILES string of the molecule is OCCc1csc(CC2CCCNC2)n1. The van der Waals surface area contributed by atoms with Gasteiger partial charge in [0.1, 0.15) is 0 Å². The van der Waals surface area contributed by atoms with Crippen LogP contribution in [0.2, 0.25) is 0 Å². The molecule has 2 rings (SSSR count). The summed E-state index contributed by atoms with van der Waals surface area (Å²) < 4.78 is 0. The fraction of sp³-hybridized carbons (Fsp3) is 0.727. The number of aromatic nitrogens is 1. The van der Waals surface area contributed by atoms with Crippen LogP contribution in [0, 0.1) is 5.92 Å². The molecule has 0 amide bonds. The van der Waals surface area contributed by atoms with Gasteiger partial charge in [0.05, 0.1) is 10.7 Å². The summed E-state index contributed by atoms with van der Waals surface area (Å²) in [7, 11) is 0. The number of thiazole rings is 1. The van der Waals surface area contributed by atoms with Gasteiger partial charge < -0.3 is 10.4 Å². The van der Waals surface area contributed by atoms with E-state index in [2.05, 4.69) is 15.7 Å². The number of nitrogens with one attached hydrogen (secondary N) is 1. The summed E-state index contributed by atoms with van der Waals surface area (Å²) in [6.45, 7) is 2.51. The first kappa shape index (κ1) is 11.0. The fourth-order valence-corrected chi connectivity index (χ4v) is 2.96. The Morgan fingerprint density at radius 3 is 3.27 bits per heavy atom. The van der Waals surface area contributed by atoms with Gasteiger partial charge in [-0.1, -0.05) is 0 Å². The van der Waals surface area contributed by atoms with Crippen LogP contribution in [0.4, 0.5) is 0 Å². The van der Waals surface area contributed by atoms with Gasteiger partial charge in [-0.05, 0) is 31.8 Å². The van der Waals surface area contributed by atoms with Crippen LogP contribution in [0.1, 0.15) is 23.5 Å². The van der Waals surface area contributed by atoms with E-state index in [0.29, 0.717) is 6.42 Å². The molecule has 0 saturated carbocycles. The largest absolute Gasteiger partial charge is 0.396 e. The molecule has 0 radical (unpaired) electrons. The van der Waals surface area contributed by atoms with Gasteiger partial charge in [0.15, 0.2) is 0 Å². The maximum atomic E-state index is 8.80. The molecule has 2 N–H and O–H groups in total. The fourth-order valence-electron chi connectivity index (χ4n) is 2.02. The lowest BCUT2D eigenvalue weighted by Crippen LogP contribution is -2.30. The van der Waals surface area contributed by atoms with Crippen LogP contribution < -0.4 is 5.32 Å². The van der Waals surface area contributed by atoms with Gasteiger partial charge in [0, 0.05) is 24.8 Å². The lowest BCUT2D eigenvalue weighted by Gasteiger charge is -2.21.